The number of nitrogens with one attached hydrogen (secondary N) is 2. The summed E-state index contributed by atoms with van der Waals surface area (Å²) in [4.78, 5) is 14.6. The lowest BCUT2D eigenvalue weighted by molar-refractivity contribution is -0.137. The van der Waals surface area contributed by atoms with E-state index in [1.165, 1.54) is 12.1 Å². The van der Waals surface area contributed by atoms with Crippen molar-refractivity contribution in [2.24, 2.45) is 0 Å². The molecular formula is C23H21F3N4O. The second kappa shape index (κ2) is 7.65. The third kappa shape index (κ3) is 3.96. The van der Waals surface area contributed by atoms with Crippen molar-refractivity contribution in [2.45, 2.75) is 32.1 Å². The molecule has 2 aliphatic heterocycles. The lowest BCUT2D eigenvalue weighted by Crippen LogP contribution is -2.48. The fourth-order valence-corrected chi connectivity index (χ4v) is 4.04. The molecular weight excluding hydrogens is 405 g/mol. The minimum absolute atomic E-state index is 0.0307. The fraction of sp³-hybridized carbons (Fsp3) is 0.304. The Balaban J connectivity index is 1.56. The average Bonchev–Trinajstić information content (AvgIpc) is 3.04. The summed E-state index contributed by atoms with van der Waals surface area (Å²) in [6.07, 6.45) is -4.73. The molecule has 5 nitrogen and oxygen atoms in total. The summed E-state index contributed by atoms with van der Waals surface area (Å²) >= 11 is 0. The van der Waals surface area contributed by atoms with Gasteiger partial charge in [-0.1, -0.05) is 12.1 Å². The molecule has 4 rings (SSSR count). The highest BCUT2D eigenvalue weighted by molar-refractivity contribution is 5.96. The quantitative estimate of drug-likeness (QED) is 0.777. The van der Waals surface area contributed by atoms with Gasteiger partial charge in [0.2, 0.25) is 0 Å². The fourth-order valence-electron chi connectivity index (χ4n) is 4.04. The Hall–Kier alpha value is -3.47. The lowest BCUT2D eigenvalue weighted by atomic mass is 9.90. The van der Waals surface area contributed by atoms with Gasteiger partial charge in [-0.15, -0.1) is 0 Å². The van der Waals surface area contributed by atoms with Crippen LogP contribution < -0.4 is 10.6 Å². The zero-order valence-corrected chi connectivity index (χ0v) is 17.0. The van der Waals surface area contributed by atoms with Gasteiger partial charge in [0.05, 0.1) is 29.1 Å². The average molecular weight is 426 g/mol. The highest BCUT2D eigenvalue weighted by atomic mass is 19.4. The Morgan fingerprint density at radius 3 is 2.35 bits per heavy atom. The standard InChI is InChI=1S/C23H21F3N4O/c1-13-21(29-14(2)28-13)19-9-17(7-8-20(19)23(24,25)26)22(31)30-11-18(12-30)16-5-3-15(10-27)4-6-16/h3-9,14,18,28-29H,11-12H2,1-2H3. The van der Waals surface area contributed by atoms with E-state index in [-0.39, 0.29) is 29.1 Å². The van der Waals surface area contributed by atoms with Gasteiger partial charge >= 0.3 is 6.18 Å². The van der Waals surface area contributed by atoms with Crippen molar-refractivity contribution in [3.05, 3.63) is 76.0 Å². The minimum atomic E-state index is -4.53. The van der Waals surface area contributed by atoms with Crippen molar-refractivity contribution in [2.75, 3.05) is 13.1 Å². The molecule has 8 heteroatoms. The summed E-state index contributed by atoms with van der Waals surface area (Å²) in [5, 5.41) is 15.0. The molecule has 0 radical (unpaired) electrons. The van der Waals surface area contributed by atoms with Crippen molar-refractivity contribution >= 4 is 11.6 Å². The first-order valence-corrected chi connectivity index (χ1v) is 9.92. The van der Waals surface area contributed by atoms with Gasteiger partial charge in [-0.2, -0.15) is 18.4 Å². The Morgan fingerprint density at radius 1 is 1.13 bits per heavy atom. The van der Waals surface area contributed by atoms with Crippen LogP contribution in [-0.2, 0) is 6.18 Å². The van der Waals surface area contributed by atoms with Crippen LogP contribution in [0.1, 0.15) is 52.4 Å². The number of rotatable bonds is 3. The molecule has 0 aliphatic carbocycles. The van der Waals surface area contributed by atoms with Gasteiger partial charge in [-0.05, 0) is 49.7 Å². The molecule has 2 aromatic carbocycles. The van der Waals surface area contributed by atoms with Crippen LogP contribution in [0.4, 0.5) is 13.2 Å². The van der Waals surface area contributed by atoms with Gasteiger partial charge in [0.15, 0.2) is 0 Å². The number of amides is 1. The monoisotopic (exact) mass is 426 g/mol. The maximum Gasteiger partial charge on any atom is 0.417 e. The molecule has 1 atom stereocenters. The first-order chi connectivity index (χ1) is 14.7. The van der Waals surface area contributed by atoms with Crippen LogP contribution in [0.25, 0.3) is 5.70 Å². The molecule has 0 spiro atoms. The van der Waals surface area contributed by atoms with E-state index in [1.54, 1.807) is 24.0 Å². The summed E-state index contributed by atoms with van der Waals surface area (Å²) in [7, 11) is 0. The van der Waals surface area contributed by atoms with Gasteiger partial charge in [0, 0.05) is 35.8 Å². The van der Waals surface area contributed by atoms with Gasteiger partial charge in [0.1, 0.15) is 0 Å². The van der Waals surface area contributed by atoms with Crippen LogP contribution in [0, 0.1) is 11.3 Å². The summed E-state index contributed by atoms with van der Waals surface area (Å²) < 4.78 is 40.8. The van der Waals surface area contributed by atoms with Crippen molar-refractivity contribution in [3.8, 4) is 6.07 Å². The van der Waals surface area contributed by atoms with Crippen LogP contribution in [0.3, 0.4) is 0 Å². The second-order valence-electron chi connectivity index (χ2n) is 7.91. The molecule has 0 aromatic heterocycles. The molecule has 0 bridgehead atoms. The van der Waals surface area contributed by atoms with E-state index in [9.17, 15) is 18.0 Å². The smallest absolute Gasteiger partial charge is 0.367 e. The van der Waals surface area contributed by atoms with Gasteiger partial charge in [-0.25, -0.2) is 0 Å². The van der Waals surface area contributed by atoms with Gasteiger partial charge < -0.3 is 15.5 Å². The van der Waals surface area contributed by atoms with E-state index in [4.69, 9.17) is 5.26 Å². The van der Waals surface area contributed by atoms with Crippen LogP contribution in [0.2, 0.25) is 0 Å². The summed E-state index contributed by atoms with van der Waals surface area (Å²) in [6, 6.07) is 12.8. The topological polar surface area (TPSA) is 68.2 Å². The van der Waals surface area contributed by atoms with Crippen molar-refractivity contribution in [3.63, 3.8) is 0 Å². The molecule has 0 saturated carbocycles. The number of hydrogen-bond donors (Lipinski definition) is 2. The predicted octanol–water partition coefficient (Wildman–Crippen LogP) is 4.04. The van der Waals surface area contributed by atoms with E-state index < -0.39 is 11.7 Å². The number of halogens is 3. The second-order valence-corrected chi connectivity index (χ2v) is 7.91. The number of likely N-dealkylation sites (tertiary alicyclic amines) is 1. The maximum absolute atomic E-state index is 13.6. The van der Waals surface area contributed by atoms with Crippen LogP contribution in [-0.4, -0.2) is 30.1 Å². The van der Waals surface area contributed by atoms with Crippen LogP contribution in [0.15, 0.2) is 48.2 Å². The number of hydrogen-bond acceptors (Lipinski definition) is 4. The van der Waals surface area contributed by atoms with E-state index in [2.05, 4.69) is 16.7 Å². The molecule has 31 heavy (non-hydrogen) atoms. The Labute approximate surface area is 178 Å². The minimum Gasteiger partial charge on any atom is -0.367 e. The molecule has 160 valence electrons. The predicted molar refractivity (Wildman–Crippen MR) is 110 cm³/mol. The van der Waals surface area contributed by atoms with E-state index in [1.807, 2.05) is 19.1 Å². The largest absolute Gasteiger partial charge is 0.417 e. The molecule has 2 aliphatic rings. The van der Waals surface area contributed by atoms with Crippen LogP contribution in [0.5, 0.6) is 0 Å². The van der Waals surface area contributed by atoms with Gasteiger partial charge in [0.25, 0.3) is 5.91 Å². The van der Waals surface area contributed by atoms with E-state index in [0.29, 0.717) is 30.0 Å². The first kappa shape index (κ1) is 20.8. The SMILES string of the molecule is CC1=C(c2cc(C(=O)N3CC(c4ccc(C#N)cc4)C3)ccc2C(F)(F)F)NC(C)N1. The van der Waals surface area contributed by atoms with Crippen LogP contribution >= 0.6 is 0 Å². The number of benzene rings is 2. The molecule has 1 amide bonds. The normalized spacial score (nSPS) is 18.8. The van der Waals surface area contributed by atoms with Crippen molar-refractivity contribution < 1.29 is 18.0 Å². The van der Waals surface area contributed by atoms with Crippen molar-refractivity contribution in [1.29, 1.82) is 5.26 Å². The lowest BCUT2D eigenvalue weighted by Gasteiger charge is -2.39. The summed E-state index contributed by atoms with van der Waals surface area (Å²) in [5.41, 5.74) is 1.98. The molecule has 2 aromatic rings. The Bertz CT molecular complexity index is 1090. The van der Waals surface area contributed by atoms with E-state index in [0.717, 1.165) is 11.6 Å². The number of nitrogens with zero attached hydrogens (tertiary/aromatic N) is 2. The third-order valence-electron chi connectivity index (χ3n) is 5.69. The number of alkyl halides is 3. The zero-order chi connectivity index (χ0) is 22.3. The first-order valence-electron chi connectivity index (χ1n) is 9.92. The van der Waals surface area contributed by atoms with Gasteiger partial charge in [-0.3, -0.25) is 4.79 Å². The molecule has 2 heterocycles. The van der Waals surface area contributed by atoms with Crippen molar-refractivity contribution in [1.82, 2.24) is 15.5 Å². The summed E-state index contributed by atoms with van der Waals surface area (Å²) in [5.74, 6) is -0.144. The Kier molecular flexibility index (Phi) is 5.13. The number of nitriles is 1. The number of carbonyl (C=O) groups excluding carboxylic acids is 1. The highest BCUT2D eigenvalue weighted by Gasteiger charge is 2.37. The Morgan fingerprint density at radius 2 is 1.81 bits per heavy atom. The molecule has 1 unspecified atom stereocenters. The molecule has 1 fully saturated rings. The third-order valence-corrected chi connectivity index (χ3v) is 5.69. The maximum atomic E-state index is 13.6. The zero-order valence-electron chi connectivity index (χ0n) is 17.0. The summed E-state index contributed by atoms with van der Waals surface area (Å²) in [6.45, 7) is 4.49. The van der Waals surface area contributed by atoms with E-state index >= 15 is 0 Å². The molecule has 2 N–H and O–H groups in total. The molecule has 1 saturated heterocycles. The number of carbonyl (C=O) groups is 1. The highest BCUT2D eigenvalue weighted by Crippen LogP contribution is 2.37. The number of allylic oxidation sites excluding steroid dienone is 1.